The van der Waals surface area contributed by atoms with Gasteiger partial charge in [0.25, 0.3) is 0 Å². The first-order chi connectivity index (χ1) is 6.50. The highest BCUT2D eigenvalue weighted by Gasteiger charge is 1.80. The van der Waals surface area contributed by atoms with Crippen LogP contribution in [0.5, 0.6) is 0 Å². The van der Waals surface area contributed by atoms with Crippen molar-refractivity contribution in [2.45, 2.75) is 25.7 Å². The zero-order valence-electron chi connectivity index (χ0n) is 8.02. The van der Waals surface area contributed by atoms with Gasteiger partial charge in [-0.1, -0.05) is 48.6 Å². The summed E-state index contributed by atoms with van der Waals surface area (Å²) in [7, 11) is 0. The summed E-state index contributed by atoms with van der Waals surface area (Å²) in [4.78, 5) is 0. The van der Waals surface area contributed by atoms with Crippen LogP contribution in [-0.4, -0.2) is 0 Å². The van der Waals surface area contributed by atoms with Crippen LogP contribution in [0.15, 0.2) is 48.6 Å². The summed E-state index contributed by atoms with van der Waals surface area (Å²) in [6.45, 7) is 0. The van der Waals surface area contributed by atoms with Gasteiger partial charge < -0.3 is 0 Å². The fourth-order valence-corrected chi connectivity index (χ4v) is 1.17. The third-order valence-electron chi connectivity index (χ3n) is 1.90. The molecule has 0 fully saturated rings. The highest BCUT2D eigenvalue weighted by molar-refractivity contribution is 5.14. The van der Waals surface area contributed by atoms with Crippen LogP contribution in [0.3, 0.4) is 0 Å². The van der Waals surface area contributed by atoms with Gasteiger partial charge in [-0.25, -0.2) is 0 Å². The fourth-order valence-electron chi connectivity index (χ4n) is 1.17. The van der Waals surface area contributed by atoms with Crippen LogP contribution in [0.4, 0.5) is 0 Å². The van der Waals surface area contributed by atoms with Gasteiger partial charge in [0.2, 0.25) is 0 Å². The maximum absolute atomic E-state index is 2.27. The van der Waals surface area contributed by atoms with Crippen molar-refractivity contribution in [2.24, 2.45) is 0 Å². The third kappa shape index (κ3) is 6.15. The van der Waals surface area contributed by atoms with Crippen LogP contribution in [-0.2, 0) is 0 Å². The van der Waals surface area contributed by atoms with Gasteiger partial charge in [0.15, 0.2) is 0 Å². The fraction of sp³-hybridized carbons (Fsp3) is 0.308. The van der Waals surface area contributed by atoms with Gasteiger partial charge in [-0.2, -0.15) is 0 Å². The van der Waals surface area contributed by atoms with E-state index >= 15 is 0 Å². The largest absolute Gasteiger partial charge is 0.0882 e. The van der Waals surface area contributed by atoms with Gasteiger partial charge >= 0.3 is 0 Å². The van der Waals surface area contributed by atoms with Crippen LogP contribution >= 0.6 is 0 Å². The van der Waals surface area contributed by atoms with Crippen LogP contribution in [0, 0.1) is 6.42 Å². The summed E-state index contributed by atoms with van der Waals surface area (Å²) in [5, 5.41) is 0. The Hall–Kier alpha value is -1.04. The molecule has 0 aromatic rings. The number of hydrogen-bond donors (Lipinski definition) is 0. The first-order valence-electron chi connectivity index (χ1n) is 4.97. The SMILES string of the molecule is [CH]1/C=C/C=C/CCC/C=C\C/C=C/1. The van der Waals surface area contributed by atoms with Gasteiger partial charge in [-0.3, -0.25) is 0 Å². The minimum atomic E-state index is 1.05. The smallest absolute Gasteiger partial charge is 0.00474 e. The molecule has 13 heavy (non-hydrogen) atoms. The minimum absolute atomic E-state index is 1.05. The van der Waals surface area contributed by atoms with Crippen molar-refractivity contribution < 1.29 is 0 Å². The molecule has 0 nitrogen and oxygen atoms in total. The van der Waals surface area contributed by atoms with E-state index in [2.05, 4.69) is 55.0 Å². The van der Waals surface area contributed by atoms with Crippen molar-refractivity contribution in [1.82, 2.24) is 0 Å². The summed E-state index contributed by atoms with van der Waals surface area (Å²) in [6.07, 6.45) is 24.0. The average Bonchev–Trinajstić information content (AvgIpc) is 2.18. The number of hydrogen-bond acceptors (Lipinski definition) is 0. The van der Waals surface area contributed by atoms with Gasteiger partial charge in [0, 0.05) is 6.42 Å². The molecule has 0 saturated heterocycles. The first kappa shape index (κ1) is 10.0. The Morgan fingerprint density at radius 1 is 0.615 bits per heavy atom. The van der Waals surface area contributed by atoms with Crippen molar-refractivity contribution >= 4 is 0 Å². The molecular weight excluding hydrogens is 156 g/mol. The lowest BCUT2D eigenvalue weighted by Gasteiger charge is -1.88. The van der Waals surface area contributed by atoms with Crippen molar-refractivity contribution in [3.8, 4) is 0 Å². The molecule has 1 aliphatic rings. The molecule has 0 aliphatic heterocycles. The Bertz CT molecular complexity index is 216. The quantitative estimate of drug-likeness (QED) is 0.486. The van der Waals surface area contributed by atoms with E-state index in [9.17, 15) is 0 Å². The summed E-state index contributed by atoms with van der Waals surface area (Å²) in [5.74, 6) is 0. The van der Waals surface area contributed by atoms with E-state index in [1.54, 1.807) is 0 Å². The predicted molar refractivity (Wildman–Crippen MR) is 59.3 cm³/mol. The van der Waals surface area contributed by atoms with E-state index in [0.29, 0.717) is 0 Å². The molecule has 1 aliphatic carbocycles. The molecule has 0 saturated carbocycles. The Labute approximate surface area is 81.4 Å². The zero-order valence-corrected chi connectivity index (χ0v) is 8.02. The second-order valence-electron chi connectivity index (χ2n) is 3.07. The maximum Gasteiger partial charge on any atom is 0.00474 e. The summed E-state index contributed by atoms with van der Waals surface area (Å²) < 4.78 is 0. The van der Waals surface area contributed by atoms with E-state index in [0.717, 1.165) is 6.42 Å². The number of rotatable bonds is 0. The molecule has 0 aromatic heterocycles. The van der Waals surface area contributed by atoms with Gasteiger partial charge in [0.05, 0.1) is 0 Å². The van der Waals surface area contributed by atoms with E-state index in [4.69, 9.17) is 0 Å². The van der Waals surface area contributed by atoms with Crippen molar-refractivity contribution in [3.63, 3.8) is 0 Å². The summed E-state index contributed by atoms with van der Waals surface area (Å²) in [5.41, 5.74) is 0. The molecule has 0 spiro atoms. The van der Waals surface area contributed by atoms with Crippen molar-refractivity contribution in [2.75, 3.05) is 0 Å². The molecular formula is C13H17. The molecule has 0 atom stereocenters. The number of allylic oxidation sites excluding steroid dienone is 8. The standard InChI is InChI=1S/C13H17/c1-2-4-6-8-10-12-13-11-9-7-5-3-1/h1-7,10,12H,8-9,11,13H2/b3-1+,6-4+,7-5+,12-10-. The topological polar surface area (TPSA) is 0 Å². The molecule has 0 heteroatoms. The lowest BCUT2D eigenvalue weighted by molar-refractivity contribution is 0.866. The monoisotopic (exact) mass is 173 g/mol. The molecule has 0 heterocycles. The van der Waals surface area contributed by atoms with Crippen LogP contribution in [0.25, 0.3) is 0 Å². The Balaban J connectivity index is 2.38. The lowest BCUT2D eigenvalue weighted by atomic mass is 10.2. The maximum atomic E-state index is 2.27. The highest BCUT2D eigenvalue weighted by atomic mass is 13.9. The Morgan fingerprint density at radius 3 is 2.54 bits per heavy atom. The van der Waals surface area contributed by atoms with Crippen LogP contribution in [0.1, 0.15) is 25.7 Å². The zero-order chi connectivity index (χ0) is 9.19. The normalized spacial score (nSPS) is 28.9. The van der Waals surface area contributed by atoms with Gasteiger partial charge in [-0.15, -0.1) is 0 Å². The highest BCUT2D eigenvalue weighted by Crippen LogP contribution is 2.00. The lowest BCUT2D eigenvalue weighted by Crippen LogP contribution is -1.68. The van der Waals surface area contributed by atoms with E-state index in [1.165, 1.54) is 19.3 Å². The van der Waals surface area contributed by atoms with E-state index < -0.39 is 0 Å². The first-order valence-corrected chi connectivity index (χ1v) is 4.97. The molecule has 0 amide bonds. The van der Waals surface area contributed by atoms with E-state index in [-0.39, 0.29) is 0 Å². The second kappa shape index (κ2) is 7.60. The molecule has 1 radical (unpaired) electrons. The Morgan fingerprint density at radius 2 is 1.54 bits per heavy atom. The van der Waals surface area contributed by atoms with Crippen LogP contribution < -0.4 is 0 Å². The molecule has 0 N–H and O–H groups in total. The predicted octanol–water partition coefficient (Wildman–Crippen LogP) is 3.99. The Kier molecular flexibility index (Phi) is 5.87. The van der Waals surface area contributed by atoms with Crippen LogP contribution in [0.2, 0.25) is 0 Å². The molecule has 0 aromatic carbocycles. The van der Waals surface area contributed by atoms with Gasteiger partial charge in [0.1, 0.15) is 0 Å². The average molecular weight is 173 g/mol. The van der Waals surface area contributed by atoms with Crippen molar-refractivity contribution in [3.05, 3.63) is 55.0 Å². The van der Waals surface area contributed by atoms with Gasteiger partial charge in [-0.05, 0) is 25.7 Å². The summed E-state index contributed by atoms with van der Waals surface area (Å²) in [6, 6.07) is 0. The minimum Gasteiger partial charge on any atom is -0.0882 e. The molecule has 1 rings (SSSR count). The molecule has 69 valence electrons. The summed E-state index contributed by atoms with van der Waals surface area (Å²) >= 11 is 0. The molecule has 0 unspecified atom stereocenters. The van der Waals surface area contributed by atoms with E-state index in [1.807, 2.05) is 0 Å². The third-order valence-corrected chi connectivity index (χ3v) is 1.90. The van der Waals surface area contributed by atoms with Crippen molar-refractivity contribution in [1.29, 1.82) is 0 Å². The molecule has 0 bridgehead atoms. The second-order valence-corrected chi connectivity index (χ2v) is 3.07.